The fourth-order valence-corrected chi connectivity index (χ4v) is 1.91. The van der Waals surface area contributed by atoms with Crippen LogP contribution in [0.25, 0.3) is 17.3 Å². The van der Waals surface area contributed by atoms with Gasteiger partial charge in [0.25, 0.3) is 5.95 Å². The average molecular weight is 306 g/mol. The van der Waals surface area contributed by atoms with Crippen molar-refractivity contribution in [3.63, 3.8) is 0 Å². The van der Waals surface area contributed by atoms with E-state index in [2.05, 4.69) is 20.1 Å². The Labute approximate surface area is 124 Å². The Morgan fingerprint density at radius 2 is 2.10 bits per heavy atom. The van der Waals surface area contributed by atoms with Crippen molar-refractivity contribution in [2.24, 2.45) is 0 Å². The highest BCUT2D eigenvalue weighted by molar-refractivity contribution is 6.28. The summed E-state index contributed by atoms with van der Waals surface area (Å²) in [5.41, 5.74) is 0.202. The molecule has 6 nitrogen and oxygen atoms in total. The minimum atomic E-state index is -0.511. The minimum absolute atomic E-state index is 0.0410. The van der Waals surface area contributed by atoms with E-state index in [0.29, 0.717) is 5.75 Å². The lowest BCUT2D eigenvalue weighted by molar-refractivity contribution is 0.411. The smallest absolute Gasteiger partial charge is 0.255 e. The summed E-state index contributed by atoms with van der Waals surface area (Å²) in [6.45, 7) is 0. The van der Waals surface area contributed by atoms with Crippen molar-refractivity contribution in [3.05, 3.63) is 47.8 Å². The first-order valence-corrected chi connectivity index (χ1v) is 6.30. The van der Waals surface area contributed by atoms with Crippen LogP contribution in [-0.2, 0) is 0 Å². The lowest BCUT2D eigenvalue weighted by Gasteiger charge is -2.06. The summed E-state index contributed by atoms with van der Waals surface area (Å²) < 4.78 is 20.5. The van der Waals surface area contributed by atoms with Crippen LogP contribution in [0.5, 0.6) is 5.75 Å². The van der Waals surface area contributed by atoms with Gasteiger partial charge in [-0.05, 0) is 29.8 Å². The molecule has 0 aliphatic carbocycles. The predicted molar refractivity (Wildman–Crippen MR) is 73.9 cm³/mol. The Morgan fingerprint density at radius 3 is 2.76 bits per heavy atom. The molecule has 8 heteroatoms. The SMILES string of the molecule is COc1ccc(-c2nc(Cl)nc(-n3cccn3)n2)c(F)c1. The molecule has 0 atom stereocenters. The van der Waals surface area contributed by atoms with Crippen LogP contribution in [0.2, 0.25) is 5.28 Å². The highest BCUT2D eigenvalue weighted by Crippen LogP contribution is 2.24. The van der Waals surface area contributed by atoms with Crippen LogP contribution in [0, 0.1) is 5.82 Å². The average Bonchev–Trinajstić information content (AvgIpc) is 3.00. The number of methoxy groups -OCH3 is 1. The molecule has 0 bridgehead atoms. The molecule has 2 heterocycles. The van der Waals surface area contributed by atoms with E-state index in [1.807, 2.05) is 0 Å². The number of nitrogens with zero attached hydrogens (tertiary/aromatic N) is 5. The van der Waals surface area contributed by atoms with Gasteiger partial charge in [-0.2, -0.15) is 20.1 Å². The van der Waals surface area contributed by atoms with Gasteiger partial charge in [0.2, 0.25) is 5.28 Å². The molecule has 3 aromatic rings. The van der Waals surface area contributed by atoms with Crippen LogP contribution in [-0.4, -0.2) is 31.8 Å². The minimum Gasteiger partial charge on any atom is -0.497 e. The number of hydrogen-bond acceptors (Lipinski definition) is 5. The van der Waals surface area contributed by atoms with E-state index in [0.717, 1.165) is 0 Å². The van der Waals surface area contributed by atoms with Gasteiger partial charge in [0.1, 0.15) is 11.6 Å². The first-order chi connectivity index (χ1) is 10.2. The third-order valence-corrected chi connectivity index (χ3v) is 2.89. The normalized spacial score (nSPS) is 10.6. The van der Waals surface area contributed by atoms with Crippen molar-refractivity contribution >= 4 is 11.6 Å². The quantitative estimate of drug-likeness (QED) is 0.744. The van der Waals surface area contributed by atoms with Crippen LogP contribution >= 0.6 is 11.6 Å². The predicted octanol–water partition coefficient (Wildman–Crippen LogP) is 2.53. The second-order valence-electron chi connectivity index (χ2n) is 4.02. The van der Waals surface area contributed by atoms with Crippen molar-refractivity contribution in [1.82, 2.24) is 24.7 Å². The van der Waals surface area contributed by atoms with E-state index in [9.17, 15) is 4.39 Å². The van der Waals surface area contributed by atoms with Gasteiger partial charge in [0.15, 0.2) is 5.82 Å². The maximum absolute atomic E-state index is 14.1. The molecular formula is C13H9ClFN5O. The largest absolute Gasteiger partial charge is 0.497 e. The van der Waals surface area contributed by atoms with Gasteiger partial charge in [0, 0.05) is 18.5 Å². The Morgan fingerprint density at radius 1 is 1.24 bits per heavy atom. The van der Waals surface area contributed by atoms with Crippen molar-refractivity contribution in [1.29, 1.82) is 0 Å². The highest BCUT2D eigenvalue weighted by Gasteiger charge is 2.13. The third-order valence-electron chi connectivity index (χ3n) is 2.72. The Hall–Kier alpha value is -2.54. The first-order valence-electron chi connectivity index (χ1n) is 5.93. The fourth-order valence-electron chi connectivity index (χ4n) is 1.75. The summed E-state index contributed by atoms with van der Waals surface area (Å²) in [7, 11) is 1.46. The maximum atomic E-state index is 14.1. The lowest BCUT2D eigenvalue weighted by atomic mass is 10.2. The van der Waals surface area contributed by atoms with Crippen molar-refractivity contribution in [2.45, 2.75) is 0 Å². The van der Waals surface area contributed by atoms with E-state index in [-0.39, 0.29) is 22.6 Å². The molecule has 0 spiro atoms. The van der Waals surface area contributed by atoms with E-state index in [1.165, 1.54) is 23.9 Å². The topological polar surface area (TPSA) is 65.7 Å². The van der Waals surface area contributed by atoms with Gasteiger partial charge in [-0.15, -0.1) is 0 Å². The second-order valence-corrected chi connectivity index (χ2v) is 4.36. The number of halogens is 2. The Bertz CT molecular complexity index is 778. The van der Waals surface area contributed by atoms with Crippen LogP contribution < -0.4 is 4.74 Å². The van der Waals surface area contributed by atoms with Gasteiger partial charge >= 0.3 is 0 Å². The van der Waals surface area contributed by atoms with Crippen LogP contribution in [0.15, 0.2) is 36.7 Å². The van der Waals surface area contributed by atoms with Crippen molar-refractivity contribution < 1.29 is 9.13 Å². The number of benzene rings is 1. The molecule has 0 radical (unpaired) electrons. The number of rotatable bonds is 3. The fraction of sp³-hybridized carbons (Fsp3) is 0.0769. The van der Waals surface area contributed by atoms with Gasteiger partial charge < -0.3 is 4.74 Å². The molecule has 21 heavy (non-hydrogen) atoms. The Balaban J connectivity index is 2.10. The zero-order valence-electron chi connectivity index (χ0n) is 10.9. The number of hydrogen-bond donors (Lipinski definition) is 0. The molecule has 0 saturated carbocycles. The monoisotopic (exact) mass is 305 g/mol. The van der Waals surface area contributed by atoms with E-state index >= 15 is 0 Å². The molecule has 0 amide bonds. The second kappa shape index (κ2) is 5.45. The molecule has 0 fully saturated rings. The van der Waals surface area contributed by atoms with E-state index in [1.54, 1.807) is 24.5 Å². The van der Waals surface area contributed by atoms with Crippen LogP contribution in [0.1, 0.15) is 0 Å². The van der Waals surface area contributed by atoms with Crippen LogP contribution in [0.4, 0.5) is 4.39 Å². The van der Waals surface area contributed by atoms with Gasteiger partial charge in [-0.1, -0.05) is 0 Å². The molecule has 106 valence electrons. The van der Waals surface area contributed by atoms with Crippen molar-refractivity contribution in [3.8, 4) is 23.1 Å². The molecule has 0 aliphatic heterocycles. The zero-order valence-corrected chi connectivity index (χ0v) is 11.6. The molecule has 2 aromatic heterocycles. The summed E-state index contributed by atoms with van der Waals surface area (Å²) in [4.78, 5) is 12.1. The first kappa shape index (κ1) is 13.4. The van der Waals surface area contributed by atoms with Gasteiger partial charge in [-0.3, -0.25) is 0 Å². The lowest BCUT2D eigenvalue weighted by Crippen LogP contribution is -2.05. The van der Waals surface area contributed by atoms with Gasteiger partial charge in [-0.25, -0.2) is 9.07 Å². The summed E-state index contributed by atoms with van der Waals surface area (Å²) in [5.74, 6) is 0.234. The molecule has 1 aromatic carbocycles. The molecular weight excluding hydrogens is 297 g/mol. The van der Waals surface area contributed by atoms with Crippen molar-refractivity contribution in [2.75, 3.05) is 7.11 Å². The standard InChI is InChI=1S/C13H9ClFN5O/c1-21-8-3-4-9(10(15)7-8)11-17-12(14)19-13(18-11)20-6-2-5-16-20/h2-7H,1H3. The number of ether oxygens (including phenoxy) is 1. The molecule has 0 N–H and O–H groups in total. The summed E-state index contributed by atoms with van der Waals surface area (Å²) in [5, 5.41) is 3.96. The molecule has 0 unspecified atom stereocenters. The number of aromatic nitrogens is 5. The summed E-state index contributed by atoms with van der Waals surface area (Å²) >= 11 is 5.88. The van der Waals surface area contributed by atoms with Gasteiger partial charge in [0.05, 0.1) is 12.7 Å². The van der Waals surface area contributed by atoms with Crippen LogP contribution in [0.3, 0.4) is 0 Å². The molecule has 3 rings (SSSR count). The third kappa shape index (κ3) is 2.68. The highest BCUT2D eigenvalue weighted by atomic mass is 35.5. The summed E-state index contributed by atoms with van der Waals surface area (Å²) in [6, 6.07) is 6.10. The van der Waals surface area contributed by atoms with E-state index in [4.69, 9.17) is 16.3 Å². The molecule has 0 saturated heterocycles. The zero-order chi connectivity index (χ0) is 14.8. The summed E-state index contributed by atoms with van der Waals surface area (Å²) in [6.07, 6.45) is 3.23. The maximum Gasteiger partial charge on any atom is 0.255 e. The molecule has 0 aliphatic rings. The van der Waals surface area contributed by atoms with E-state index < -0.39 is 5.82 Å². The Kier molecular flexibility index (Phi) is 3.49.